The summed E-state index contributed by atoms with van der Waals surface area (Å²) in [6, 6.07) is 21.9. The van der Waals surface area contributed by atoms with Gasteiger partial charge in [0, 0.05) is 23.0 Å². The van der Waals surface area contributed by atoms with Gasteiger partial charge in [-0.3, -0.25) is 9.59 Å². The number of benzene rings is 3. The first kappa shape index (κ1) is 16.9. The Balaban J connectivity index is 1.56. The van der Waals surface area contributed by atoms with Gasteiger partial charge in [-0.2, -0.15) is 0 Å². The highest BCUT2D eigenvalue weighted by Gasteiger charge is 2.53. The van der Waals surface area contributed by atoms with Crippen LogP contribution in [0.1, 0.15) is 44.4 Å². The lowest BCUT2D eigenvalue weighted by atomic mass is 9.61. The molecular formula is C25H15NO4. The zero-order valence-electron chi connectivity index (χ0n) is 15.7. The van der Waals surface area contributed by atoms with E-state index in [2.05, 4.69) is 0 Å². The third-order valence-electron chi connectivity index (χ3n) is 6.32. The van der Waals surface area contributed by atoms with Crippen LogP contribution in [0.3, 0.4) is 0 Å². The van der Waals surface area contributed by atoms with Crippen molar-refractivity contribution >= 4 is 23.5 Å². The van der Waals surface area contributed by atoms with E-state index < -0.39 is 5.97 Å². The van der Waals surface area contributed by atoms with Crippen molar-refractivity contribution < 1.29 is 19.5 Å². The zero-order chi connectivity index (χ0) is 20.6. The summed E-state index contributed by atoms with van der Waals surface area (Å²) in [5, 5.41) is 9.32. The van der Waals surface area contributed by atoms with Crippen LogP contribution >= 0.6 is 0 Å². The van der Waals surface area contributed by atoms with Crippen LogP contribution in [0.25, 0.3) is 0 Å². The fraction of sp³-hybridized carbons (Fsp3) is 0.0800. The summed E-state index contributed by atoms with van der Waals surface area (Å²) in [6.07, 6.45) is 0. The van der Waals surface area contributed by atoms with E-state index >= 15 is 0 Å². The second-order valence-electron chi connectivity index (χ2n) is 7.75. The molecule has 0 radical (unpaired) electrons. The van der Waals surface area contributed by atoms with Gasteiger partial charge < -0.3 is 5.11 Å². The number of imide groups is 1. The van der Waals surface area contributed by atoms with Crippen molar-refractivity contribution in [1.29, 1.82) is 0 Å². The van der Waals surface area contributed by atoms with Crippen LogP contribution in [0.15, 0.2) is 83.9 Å². The molecule has 5 nitrogen and oxygen atoms in total. The maximum atomic E-state index is 13.5. The van der Waals surface area contributed by atoms with Gasteiger partial charge in [0.2, 0.25) is 0 Å². The average Bonchev–Trinajstić information content (AvgIpc) is 3.04. The molecule has 1 N–H and O–H groups in total. The largest absolute Gasteiger partial charge is 0.478 e. The first-order valence-electron chi connectivity index (χ1n) is 9.71. The number of hydrogen-bond acceptors (Lipinski definition) is 3. The van der Waals surface area contributed by atoms with Gasteiger partial charge in [-0.05, 0) is 40.5 Å². The highest BCUT2D eigenvalue weighted by molar-refractivity contribution is 6.35. The molecule has 30 heavy (non-hydrogen) atoms. The van der Waals surface area contributed by atoms with Crippen molar-refractivity contribution in [2.45, 2.75) is 11.8 Å². The van der Waals surface area contributed by atoms with E-state index in [0.29, 0.717) is 11.1 Å². The Bertz CT molecular complexity index is 1220. The molecule has 3 aromatic carbocycles. The molecule has 1 aliphatic heterocycles. The van der Waals surface area contributed by atoms with Gasteiger partial charge in [-0.25, -0.2) is 9.69 Å². The highest BCUT2D eigenvalue weighted by Crippen LogP contribution is 2.58. The van der Waals surface area contributed by atoms with E-state index in [4.69, 9.17) is 0 Å². The van der Waals surface area contributed by atoms with Crippen LogP contribution in [0.4, 0.5) is 5.69 Å². The summed E-state index contributed by atoms with van der Waals surface area (Å²) in [5.41, 5.74) is 5.58. The Hall–Kier alpha value is -3.99. The maximum absolute atomic E-state index is 13.5. The molecule has 0 unspecified atom stereocenters. The summed E-state index contributed by atoms with van der Waals surface area (Å²) in [5.74, 6) is -2.41. The summed E-state index contributed by atoms with van der Waals surface area (Å²) in [6.45, 7) is 0. The Morgan fingerprint density at radius 3 is 1.60 bits per heavy atom. The van der Waals surface area contributed by atoms with Crippen molar-refractivity contribution in [2.24, 2.45) is 0 Å². The number of aromatic carboxylic acids is 1. The molecule has 0 saturated carbocycles. The fourth-order valence-electron chi connectivity index (χ4n) is 5.16. The number of carbonyl (C=O) groups excluding carboxylic acids is 2. The summed E-state index contributed by atoms with van der Waals surface area (Å²) in [4.78, 5) is 39.6. The highest BCUT2D eigenvalue weighted by atomic mass is 16.4. The summed E-state index contributed by atoms with van der Waals surface area (Å²) in [7, 11) is 0. The normalized spacial score (nSPS) is 20.9. The topological polar surface area (TPSA) is 74.7 Å². The van der Waals surface area contributed by atoms with Gasteiger partial charge in [-0.1, -0.05) is 54.6 Å². The first-order valence-corrected chi connectivity index (χ1v) is 9.71. The summed E-state index contributed by atoms with van der Waals surface area (Å²) >= 11 is 0. The zero-order valence-corrected chi connectivity index (χ0v) is 15.7. The molecular weight excluding hydrogens is 378 g/mol. The molecule has 144 valence electrons. The first-order chi connectivity index (χ1) is 14.6. The van der Waals surface area contributed by atoms with Crippen LogP contribution < -0.4 is 4.90 Å². The van der Waals surface area contributed by atoms with E-state index in [9.17, 15) is 19.5 Å². The molecule has 5 heteroatoms. The van der Waals surface area contributed by atoms with Crippen LogP contribution in [0, 0.1) is 0 Å². The van der Waals surface area contributed by atoms with Crippen LogP contribution in [-0.4, -0.2) is 22.9 Å². The van der Waals surface area contributed by atoms with Gasteiger partial charge in [-0.15, -0.1) is 0 Å². The third-order valence-corrected chi connectivity index (χ3v) is 6.32. The van der Waals surface area contributed by atoms with E-state index in [0.717, 1.165) is 27.2 Å². The lowest BCUT2D eigenvalue weighted by molar-refractivity contribution is -0.120. The molecule has 0 fully saturated rings. The van der Waals surface area contributed by atoms with Crippen molar-refractivity contribution in [3.05, 3.63) is 112 Å². The molecule has 0 atom stereocenters. The number of carbonyl (C=O) groups is 3. The smallest absolute Gasteiger partial charge is 0.335 e. The van der Waals surface area contributed by atoms with Crippen molar-refractivity contribution in [3.8, 4) is 0 Å². The van der Waals surface area contributed by atoms with E-state index in [1.54, 1.807) is 12.1 Å². The second kappa shape index (κ2) is 5.76. The van der Waals surface area contributed by atoms with Crippen molar-refractivity contribution in [2.75, 3.05) is 4.90 Å². The molecule has 0 saturated heterocycles. The number of carboxylic acid groups (broad SMARTS) is 1. The van der Waals surface area contributed by atoms with Crippen LogP contribution in [0.2, 0.25) is 0 Å². The minimum absolute atomic E-state index is 0.0347. The molecule has 3 aliphatic carbocycles. The Labute approximate surface area is 171 Å². The van der Waals surface area contributed by atoms with Crippen LogP contribution in [0.5, 0.6) is 0 Å². The third kappa shape index (κ3) is 1.99. The number of nitrogens with zero attached hydrogens (tertiary/aromatic N) is 1. The monoisotopic (exact) mass is 393 g/mol. The van der Waals surface area contributed by atoms with Crippen molar-refractivity contribution in [1.82, 2.24) is 0 Å². The lowest BCUT2D eigenvalue weighted by Gasteiger charge is -2.39. The minimum Gasteiger partial charge on any atom is -0.478 e. The number of carboxylic acids is 1. The molecule has 3 aromatic rings. The quantitative estimate of drug-likeness (QED) is 0.671. The molecule has 1 heterocycles. The molecule has 2 bridgehead atoms. The van der Waals surface area contributed by atoms with Gasteiger partial charge >= 0.3 is 5.97 Å². The number of hydrogen-bond donors (Lipinski definition) is 1. The average molecular weight is 393 g/mol. The molecule has 7 rings (SSSR count). The van der Waals surface area contributed by atoms with Gasteiger partial charge in [0.15, 0.2) is 0 Å². The van der Waals surface area contributed by atoms with Gasteiger partial charge in [0.05, 0.1) is 11.3 Å². The summed E-state index contributed by atoms with van der Waals surface area (Å²) < 4.78 is 0. The van der Waals surface area contributed by atoms with E-state index in [1.807, 2.05) is 48.5 Å². The standard InChI is InChI=1S/C25H15NO4/c27-23-21-19-15-8-1-2-9-16(15)20(18-11-4-3-10-17(18)19)22(21)24(28)26(23)14-7-5-6-13(12-14)25(29)30/h1-12,19-20H,(H,29,30). The second-order valence-corrected chi connectivity index (χ2v) is 7.75. The Morgan fingerprint density at radius 2 is 1.17 bits per heavy atom. The molecule has 2 amide bonds. The van der Waals surface area contributed by atoms with Gasteiger partial charge in [0.1, 0.15) is 0 Å². The lowest BCUT2D eigenvalue weighted by Crippen LogP contribution is -2.32. The SMILES string of the molecule is O=C(O)c1cccc(N2C(=O)C3=C(C2=O)C2c4ccccc4C3c3ccccc32)c1. The predicted octanol–water partition coefficient (Wildman–Crippen LogP) is 3.85. The van der Waals surface area contributed by atoms with Crippen LogP contribution in [-0.2, 0) is 9.59 Å². The fourth-order valence-corrected chi connectivity index (χ4v) is 5.16. The Morgan fingerprint density at radius 1 is 0.700 bits per heavy atom. The maximum Gasteiger partial charge on any atom is 0.335 e. The Kier molecular flexibility index (Phi) is 3.25. The molecule has 4 aliphatic rings. The number of anilines is 1. The molecule has 0 spiro atoms. The van der Waals surface area contributed by atoms with E-state index in [-0.39, 0.29) is 34.9 Å². The van der Waals surface area contributed by atoms with Gasteiger partial charge in [0.25, 0.3) is 11.8 Å². The molecule has 0 aromatic heterocycles. The number of rotatable bonds is 2. The van der Waals surface area contributed by atoms with Crippen molar-refractivity contribution in [3.63, 3.8) is 0 Å². The number of amides is 2. The van der Waals surface area contributed by atoms with E-state index in [1.165, 1.54) is 12.1 Å². The predicted molar refractivity (Wildman–Crippen MR) is 109 cm³/mol. The minimum atomic E-state index is -1.10.